The van der Waals surface area contributed by atoms with E-state index < -0.39 is 24.2 Å². The van der Waals surface area contributed by atoms with Gasteiger partial charge < -0.3 is 30.4 Å². The van der Waals surface area contributed by atoms with E-state index in [4.69, 9.17) is 19.4 Å². The number of nitrogens with zero attached hydrogens (tertiary/aromatic N) is 4. The molecule has 0 saturated heterocycles. The van der Waals surface area contributed by atoms with Crippen LogP contribution in [0.25, 0.3) is 31.8 Å². The third-order valence-corrected chi connectivity index (χ3v) is 8.41. The van der Waals surface area contributed by atoms with Crippen LogP contribution in [0.3, 0.4) is 0 Å². The van der Waals surface area contributed by atoms with E-state index in [2.05, 4.69) is 15.6 Å². The Kier molecular flexibility index (Phi) is 6.67. The number of hydrogen-bond acceptors (Lipinski definition) is 11. The molecule has 1 fully saturated rings. The first-order chi connectivity index (χ1) is 18.8. The Morgan fingerprint density at radius 1 is 1.08 bits per heavy atom. The molecule has 1 aliphatic carbocycles. The number of rotatable bonds is 7. The Morgan fingerprint density at radius 2 is 1.90 bits per heavy atom. The van der Waals surface area contributed by atoms with Gasteiger partial charge in [-0.3, -0.25) is 4.98 Å². The Labute approximate surface area is 228 Å². The van der Waals surface area contributed by atoms with E-state index in [1.165, 1.54) is 11.3 Å². The Morgan fingerprint density at radius 3 is 2.64 bits per heavy atom. The lowest BCUT2D eigenvalue weighted by molar-refractivity contribution is 0.00446. The van der Waals surface area contributed by atoms with Crippen LogP contribution in [0, 0.1) is 19.8 Å². The van der Waals surface area contributed by atoms with Crippen LogP contribution in [0.2, 0.25) is 0 Å². The van der Waals surface area contributed by atoms with Gasteiger partial charge in [-0.1, -0.05) is 18.2 Å². The first-order valence-electron chi connectivity index (χ1n) is 12.9. The summed E-state index contributed by atoms with van der Waals surface area (Å²) >= 11 is 1.52. The fourth-order valence-corrected chi connectivity index (χ4v) is 6.30. The van der Waals surface area contributed by atoms with Gasteiger partial charge in [0.15, 0.2) is 0 Å². The molecule has 0 bridgehead atoms. The average molecular weight is 547 g/mol. The van der Waals surface area contributed by atoms with Gasteiger partial charge in [0.1, 0.15) is 33.8 Å². The SMILES string of the molecule is Cc1nc(N[C@@H](C)c2cc3ccccc3o2)nc(N[C@@H]2C[C@H](CO)[C@@H](O)[C@H]2O)c1-c1nc2c(C)nccc2s1. The zero-order chi connectivity index (χ0) is 27.3. The van der Waals surface area contributed by atoms with E-state index >= 15 is 0 Å². The molecular formula is C28H30N6O4S. The summed E-state index contributed by atoms with van der Waals surface area (Å²) in [7, 11) is 0. The van der Waals surface area contributed by atoms with Crippen molar-refractivity contribution >= 4 is 44.3 Å². The molecule has 4 heterocycles. The molecule has 1 saturated carbocycles. The summed E-state index contributed by atoms with van der Waals surface area (Å²) < 4.78 is 7.03. The van der Waals surface area contributed by atoms with Crippen LogP contribution in [-0.4, -0.2) is 60.1 Å². The maximum absolute atomic E-state index is 10.7. The summed E-state index contributed by atoms with van der Waals surface area (Å²) in [4.78, 5) is 18.8. The van der Waals surface area contributed by atoms with Crippen molar-refractivity contribution in [3.8, 4) is 10.6 Å². The first-order valence-corrected chi connectivity index (χ1v) is 13.7. The second-order valence-electron chi connectivity index (χ2n) is 10.1. The molecule has 39 heavy (non-hydrogen) atoms. The maximum Gasteiger partial charge on any atom is 0.225 e. The molecule has 0 radical (unpaired) electrons. The van der Waals surface area contributed by atoms with Crippen molar-refractivity contribution in [1.82, 2.24) is 19.9 Å². The standard InChI is InChI=1S/C28H30N6O4S/c1-13(20-11-16-6-4-5-7-19(16)38-20)30-28-31-14(2)22(27-33-23-15(3)29-9-8-21(23)39-27)26(34-28)32-18-10-17(12-35)24(36)25(18)37/h4-9,11,13,17-18,24-25,35-37H,10,12H2,1-3H3,(H2,30,31,32,34)/t13-,17+,18+,24+,25-/m0/s1. The van der Waals surface area contributed by atoms with Crippen molar-refractivity contribution < 1.29 is 19.7 Å². The molecule has 1 aliphatic rings. The fraction of sp³-hybridized carbons (Fsp3) is 0.357. The van der Waals surface area contributed by atoms with Gasteiger partial charge >= 0.3 is 0 Å². The minimum Gasteiger partial charge on any atom is -0.459 e. The van der Waals surface area contributed by atoms with Crippen LogP contribution in [0.1, 0.15) is 36.5 Å². The lowest BCUT2D eigenvalue weighted by Gasteiger charge is -2.22. The summed E-state index contributed by atoms with van der Waals surface area (Å²) in [6.07, 6.45) is 0.0705. The number of para-hydroxylation sites is 1. The van der Waals surface area contributed by atoms with Crippen LogP contribution < -0.4 is 10.6 Å². The van der Waals surface area contributed by atoms with Crippen LogP contribution >= 0.6 is 11.3 Å². The fourth-order valence-electron chi connectivity index (χ4n) is 5.19. The van der Waals surface area contributed by atoms with E-state index in [0.29, 0.717) is 29.4 Å². The number of pyridine rings is 1. The van der Waals surface area contributed by atoms with Gasteiger partial charge in [0.25, 0.3) is 0 Å². The van der Waals surface area contributed by atoms with Gasteiger partial charge in [-0.2, -0.15) is 4.98 Å². The molecule has 10 nitrogen and oxygen atoms in total. The van der Waals surface area contributed by atoms with E-state index in [1.54, 1.807) is 6.20 Å². The van der Waals surface area contributed by atoms with Crippen LogP contribution in [-0.2, 0) is 0 Å². The number of aliphatic hydroxyl groups excluding tert-OH is 3. The number of aryl methyl sites for hydroxylation is 2. The van der Waals surface area contributed by atoms with Gasteiger partial charge in [0.05, 0.1) is 39.8 Å². The average Bonchev–Trinajstić information content (AvgIpc) is 3.61. The molecule has 0 amide bonds. The Bertz CT molecular complexity index is 1620. The number of aromatic nitrogens is 4. The van der Waals surface area contributed by atoms with Crippen LogP contribution in [0.4, 0.5) is 11.8 Å². The number of benzene rings is 1. The second kappa shape index (κ2) is 10.2. The molecule has 0 aliphatic heterocycles. The Hall–Kier alpha value is -3.64. The van der Waals surface area contributed by atoms with Crippen molar-refractivity contribution in [3.63, 3.8) is 0 Å². The molecule has 5 atom stereocenters. The quantitative estimate of drug-likeness (QED) is 0.201. The van der Waals surface area contributed by atoms with Crippen molar-refractivity contribution in [1.29, 1.82) is 0 Å². The molecule has 202 valence electrons. The summed E-state index contributed by atoms with van der Waals surface area (Å²) in [6.45, 7) is 5.58. The molecular weight excluding hydrogens is 516 g/mol. The maximum atomic E-state index is 10.7. The highest BCUT2D eigenvalue weighted by atomic mass is 32.1. The summed E-state index contributed by atoms with van der Waals surface area (Å²) in [5, 5.41) is 39.2. The predicted molar refractivity (Wildman–Crippen MR) is 151 cm³/mol. The van der Waals surface area contributed by atoms with E-state index in [0.717, 1.165) is 37.6 Å². The molecule has 5 aromatic rings. The van der Waals surface area contributed by atoms with E-state index in [9.17, 15) is 15.3 Å². The third-order valence-electron chi connectivity index (χ3n) is 7.37. The second-order valence-corrected chi connectivity index (χ2v) is 11.1. The van der Waals surface area contributed by atoms with Gasteiger partial charge in [0, 0.05) is 24.1 Å². The normalized spacial score (nSPS) is 22.0. The van der Waals surface area contributed by atoms with E-state index in [1.807, 2.05) is 57.2 Å². The smallest absolute Gasteiger partial charge is 0.225 e. The van der Waals surface area contributed by atoms with Crippen LogP contribution in [0.5, 0.6) is 0 Å². The van der Waals surface area contributed by atoms with Crippen molar-refractivity contribution in [3.05, 3.63) is 59.7 Å². The lowest BCUT2D eigenvalue weighted by Crippen LogP contribution is -2.35. The highest BCUT2D eigenvalue weighted by molar-refractivity contribution is 7.21. The van der Waals surface area contributed by atoms with Crippen LogP contribution in [0.15, 0.2) is 47.0 Å². The molecule has 4 aromatic heterocycles. The monoisotopic (exact) mass is 546 g/mol. The number of fused-ring (bicyclic) bond motifs is 2. The highest BCUT2D eigenvalue weighted by Gasteiger charge is 2.41. The Balaban J connectivity index is 1.39. The van der Waals surface area contributed by atoms with Crippen molar-refractivity contribution in [2.24, 2.45) is 5.92 Å². The molecule has 1 aromatic carbocycles. The molecule has 6 rings (SSSR count). The number of aliphatic hydroxyl groups is 3. The molecule has 0 spiro atoms. The van der Waals surface area contributed by atoms with Crippen molar-refractivity contribution in [2.45, 2.75) is 51.5 Å². The largest absolute Gasteiger partial charge is 0.459 e. The topological polar surface area (TPSA) is 149 Å². The van der Waals surface area contributed by atoms with Gasteiger partial charge in [-0.25, -0.2) is 9.97 Å². The molecule has 0 unspecified atom stereocenters. The first kappa shape index (κ1) is 25.6. The number of thiazole rings is 1. The van der Waals surface area contributed by atoms with Crippen molar-refractivity contribution in [2.75, 3.05) is 17.2 Å². The summed E-state index contributed by atoms with van der Waals surface area (Å²) in [5.41, 5.74) is 3.88. The summed E-state index contributed by atoms with van der Waals surface area (Å²) in [6, 6.07) is 11.0. The lowest BCUT2D eigenvalue weighted by atomic mass is 10.1. The zero-order valence-electron chi connectivity index (χ0n) is 21.8. The number of anilines is 2. The predicted octanol–water partition coefficient (Wildman–Crippen LogP) is 4.20. The summed E-state index contributed by atoms with van der Waals surface area (Å²) in [5.74, 6) is 1.20. The molecule has 11 heteroatoms. The highest BCUT2D eigenvalue weighted by Crippen LogP contribution is 2.39. The zero-order valence-corrected chi connectivity index (χ0v) is 22.6. The van der Waals surface area contributed by atoms with E-state index in [-0.39, 0.29) is 12.6 Å². The number of nitrogens with one attached hydrogen (secondary N) is 2. The van der Waals surface area contributed by atoms with Gasteiger partial charge in [-0.15, -0.1) is 11.3 Å². The number of hydrogen-bond donors (Lipinski definition) is 5. The third kappa shape index (κ3) is 4.71. The van der Waals surface area contributed by atoms with Gasteiger partial charge in [0.2, 0.25) is 5.95 Å². The molecule has 5 N–H and O–H groups in total. The minimum atomic E-state index is -1.06. The number of furan rings is 1. The minimum absolute atomic E-state index is 0.210. The van der Waals surface area contributed by atoms with Gasteiger partial charge in [-0.05, 0) is 45.4 Å².